The van der Waals surface area contributed by atoms with E-state index in [1.54, 1.807) is 6.92 Å². The van der Waals surface area contributed by atoms with Crippen molar-refractivity contribution in [2.75, 3.05) is 0 Å². The quantitative estimate of drug-likeness (QED) is 0.590. The third-order valence-electron chi connectivity index (χ3n) is 9.04. The number of rotatable bonds is 1. The van der Waals surface area contributed by atoms with Crippen LogP contribution in [-0.4, -0.2) is 28.7 Å². The van der Waals surface area contributed by atoms with Gasteiger partial charge < -0.3 is 9.84 Å². The summed E-state index contributed by atoms with van der Waals surface area (Å²) >= 11 is 0. The van der Waals surface area contributed by atoms with Gasteiger partial charge in [-0.15, -0.1) is 0 Å². The number of Topliss-reactive ketones (excluding diaryl/α,β-unsaturated/α-hetero) is 1. The molecule has 4 aliphatic carbocycles. The van der Waals surface area contributed by atoms with Gasteiger partial charge in [0.1, 0.15) is 0 Å². The summed E-state index contributed by atoms with van der Waals surface area (Å²) in [7, 11) is 0. The second-order valence-corrected chi connectivity index (χ2v) is 9.72. The molecule has 0 aromatic carbocycles. The minimum absolute atomic E-state index is 0.0520. The zero-order valence-electron chi connectivity index (χ0n) is 15.2. The van der Waals surface area contributed by atoms with Crippen molar-refractivity contribution < 1.29 is 14.6 Å². The molecule has 0 bridgehead atoms. The Kier molecular flexibility index (Phi) is 2.94. The molecule has 0 radical (unpaired) electrons. The van der Waals surface area contributed by atoms with Crippen molar-refractivity contribution in [2.24, 2.45) is 28.6 Å². The van der Waals surface area contributed by atoms with Crippen LogP contribution in [0.1, 0.15) is 65.7 Å². The molecule has 1 aliphatic heterocycles. The molecule has 3 saturated carbocycles. The van der Waals surface area contributed by atoms with Crippen molar-refractivity contribution in [3.63, 3.8) is 0 Å². The molecule has 24 heavy (non-hydrogen) atoms. The van der Waals surface area contributed by atoms with Crippen molar-refractivity contribution in [3.8, 4) is 0 Å². The number of hydrogen-bond acceptors (Lipinski definition) is 3. The molecule has 5 rings (SSSR count). The van der Waals surface area contributed by atoms with Gasteiger partial charge in [-0.25, -0.2) is 0 Å². The molecule has 1 heterocycles. The van der Waals surface area contributed by atoms with Crippen LogP contribution in [-0.2, 0) is 9.53 Å². The lowest BCUT2D eigenvalue weighted by atomic mass is 9.46. The Morgan fingerprint density at radius 1 is 1.21 bits per heavy atom. The summed E-state index contributed by atoms with van der Waals surface area (Å²) in [5.74, 6) is 2.36. The molecular formula is C21H30O3. The van der Waals surface area contributed by atoms with E-state index in [9.17, 15) is 9.90 Å². The first-order valence-electron chi connectivity index (χ1n) is 9.91. The zero-order chi connectivity index (χ0) is 16.9. The van der Waals surface area contributed by atoms with Gasteiger partial charge in [0, 0.05) is 5.41 Å². The van der Waals surface area contributed by atoms with E-state index >= 15 is 0 Å². The number of ketones is 1. The Balaban J connectivity index is 1.51. The van der Waals surface area contributed by atoms with Crippen LogP contribution in [0.3, 0.4) is 0 Å². The predicted molar refractivity (Wildman–Crippen MR) is 91.4 cm³/mol. The molecule has 6 unspecified atom stereocenters. The fourth-order valence-corrected chi connectivity index (χ4v) is 7.78. The fraction of sp³-hybridized carbons (Fsp3) is 0.857. The van der Waals surface area contributed by atoms with Gasteiger partial charge in [0.05, 0.1) is 12.2 Å². The highest BCUT2D eigenvalue weighted by Crippen LogP contribution is 2.73. The van der Waals surface area contributed by atoms with Crippen molar-refractivity contribution in [1.82, 2.24) is 0 Å². The van der Waals surface area contributed by atoms with E-state index in [4.69, 9.17) is 4.74 Å². The lowest BCUT2D eigenvalue weighted by Gasteiger charge is -2.58. The summed E-state index contributed by atoms with van der Waals surface area (Å²) in [6, 6.07) is 0. The molecule has 8 atom stereocenters. The lowest BCUT2D eigenvalue weighted by Crippen LogP contribution is -2.54. The van der Waals surface area contributed by atoms with Crippen molar-refractivity contribution in [1.29, 1.82) is 0 Å². The Labute approximate surface area is 144 Å². The molecule has 0 aromatic heterocycles. The van der Waals surface area contributed by atoms with E-state index < -0.39 is 5.60 Å². The minimum atomic E-state index is -0.442. The van der Waals surface area contributed by atoms with E-state index in [-0.39, 0.29) is 28.8 Å². The molecule has 1 N–H and O–H groups in total. The topological polar surface area (TPSA) is 49.8 Å². The second-order valence-electron chi connectivity index (χ2n) is 9.72. The van der Waals surface area contributed by atoms with Crippen LogP contribution in [0, 0.1) is 28.6 Å². The fourth-order valence-electron chi connectivity index (χ4n) is 7.78. The first kappa shape index (κ1) is 15.6. The number of carbonyl (C=O) groups is 1. The second kappa shape index (κ2) is 4.54. The summed E-state index contributed by atoms with van der Waals surface area (Å²) in [6.07, 6.45) is 9.98. The van der Waals surface area contributed by atoms with E-state index in [0.717, 1.165) is 43.9 Å². The first-order valence-corrected chi connectivity index (χ1v) is 9.91. The number of carbonyl (C=O) groups excluding carboxylic acids is 1. The van der Waals surface area contributed by atoms with Crippen LogP contribution in [0.4, 0.5) is 0 Å². The maximum atomic E-state index is 12.4. The molecule has 132 valence electrons. The van der Waals surface area contributed by atoms with Crippen LogP contribution in [0.2, 0.25) is 0 Å². The number of ether oxygens (including phenoxy) is 1. The molecule has 5 aliphatic rings. The molecular weight excluding hydrogens is 300 g/mol. The highest BCUT2D eigenvalue weighted by atomic mass is 16.6. The molecule has 0 spiro atoms. The van der Waals surface area contributed by atoms with E-state index in [0.29, 0.717) is 5.92 Å². The normalized spacial score (nSPS) is 58.0. The van der Waals surface area contributed by atoms with Gasteiger partial charge in [-0.05, 0) is 75.0 Å². The third kappa shape index (κ3) is 1.60. The van der Waals surface area contributed by atoms with Gasteiger partial charge in [0.2, 0.25) is 0 Å². The Morgan fingerprint density at radius 3 is 2.75 bits per heavy atom. The van der Waals surface area contributed by atoms with Crippen LogP contribution < -0.4 is 0 Å². The SMILES string of the molecule is CC(=O)[C@@]12O[C@@H]1CC1C3CCC4=CC(O)CCC4(C)C3CCC12C. The highest BCUT2D eigenvalue weighted by molar-refractivity contribution is 5.90. The van der Waals surface area contributed by atoms with Gasteiger partial charge >= 0.3 is 0 Å². The Morgan fingerprint density at radius 2 is 2.00 bits per heavy atom. The van der Waals surface area contributed by atoms with E-state index in [2.05, 4.69) is 19.9 Å². The van der Waals surface area contributed by atoms with Crippen molar-refractivity contribution in [3.05, 3.63) is 11.6 Å². The Bertz CT molecular complexity index is 639. The number of aliphatic hydroxyl groups excluding tert-OH is 1. The van der Waals surface area contributed by atoms with Gasteiger partial charge in [-0.2, -0.15) is 0 Å². The summed E-state index contributed by atoms with van der Waals surface area (Å²) in [5.41, 5.74) is 1.41. The van der Waals surface area contributed by atoms with Gasteiger partial charge in [-0.1, -0.05) is 25.5 Å². The molecule has 3 nitrogen and oxygen atoms in total. The Hall–Kier alpha value is -0.670. The highest BCUT2D eigenvalue weighted by Gasteiger charge is 2.79. The summed E-state index contributed by atoms with van der Waals surface area (Å²) in [4.78, 5) is 12.4. The third-order valence-corrected chi connectivity index (χ3v) is 9.04. The average Bonchev–Trinajstić information content (AvgIpc) is 3.21. The monoisotopic (exact) mass is 330 g/mol. The van der Waals surface area contributed by atoms with Gasteiger partial charge in [0.15, 0.2) is 11.4 Å². The predicted octanol–water partition coefficient (Wildman–Crippen LogP) is 3.65. The molecule has 4 fully saturated rings. The molecule has 1 saturated heterocycles. The summed E-state index contributed by atoms with van der Waals surface area (Å²) in [6.45, 7) is 6.54. The number of fused-ring (bicyclic) bond motifs is 7. The van der Waals surface area contributed by atoms with E-state index in [1.807, 2.05) is 0 Å². The van der Waals surface area contributed by atoms with Gasteiger partial charge in [-0.3, -0.25) is 4.79 Å². The summed E-state index contributed by atoms with van der Waals surface area (Å²) < 4.78 is 6.01. The van der Waals surface area contributed by atoms with Crippen LogP contribution in [0.5, 0.6) is 0 Å². The van der Waals surface area contributed by atoms with Crippen molar-refractivity contribution in [2.45, 2.75) is 83.5 Å². The molecule has 0 aromatic rings. The largest absolute Gasteiger partial charge is 0.389 e. The number of allylic oxidation sites excluding steroid dienone is 1. The smallest absolute Gasteiger partial charge is 0.164 e. The minimum Gasteiger partial charge on any atom is -0.389 e. The maximum Gasteiger partial charge on any atom is 0.164 e. The first-order chi connectivity index (χ1) is 11.3. The van der Waals surface area contributed by atoms with Crippen LogP contribution in [0.15, 0.2) is 11.6 Å². The number of hydrogen-bond donors (Lipinski definition) is 1. The van der Waals surface area contributed by atoms with Crippen LogP contribution in [0.25, 0.3) is 0 Å². The van der Waals surface area contributed by atoms with Crippen molar-refractivity contribution >= 4 is 5.78 Å². The molecule has 3 heteroatoms. The van der Waals surface area contributed by atoms with Crippen LogP contribution >= 0.6 is 0 Å². The summed E-state index contributed by atoms with van der Waals surface area (Å²) in [5, 5.41) is 10.1. The maximum absolute atomic E-state index is 12.4. The van der Waals surface area contributed by atoms with Gasteiger partial charge in [0.25, 0.3) is 0 Å². The number of aliphatic hydroxyl groups is 1. The van der Waals surface area contributed by atoms with E-state index in [1.165, 1.54) is 18.4 Å². The molecule has 0 amide bonds. The lowest BCUT2D eigenvalue weighted by molar-refractivity contribution is -0.136. The number of epoxide rings is 1. The standard InChI is InChI=1S/C21H30O3/c1-12(22)21-18(24-21)11-17-15-5-4-13-10-14(23)6-8-19(13,2)16(15)7-9-20(17,21)3/h10,14-18,23H,4-9,11H2,1-3H3/t14?,15?,16?,17?,18-,19?,20?,21-/m1/s1. The zero-order valence-corrected chi connectivity index (χ0v) is 15.2. The average molecular weight is 330 g/mol.